The quantitative estimate of drug-likeness (QED) is 0.790. The van der Waals surface area contributed by atoms with E-state index in [0.717, 1.165) is 19.3 Å². The second-order valence-corrected chi connectivity index (χ2v) is 5.37. The first-order chi connectivity index (χ1) is 10.1. The molecule has 0 saturated heterocycles. The van der Waals surface area contributed by atoms with Gasteiger partial charge in [0, 0.05) is 11.6 Å². The summed E-state index contributed by atoms with van der Waals surface area (Å²) in [5.41, 5.74) is 0.886. The number of aliphatic hydroxyl groups is 1. The molecule has 0 radical (unpaired) electrons. The first kappa shape index (κ1) is 15.6. The number of halogens is 1. The number of alkyl halides is 1. The number of benzene rings is 1. The minimum atomic E-state index is -0.781. The summed E-state index contributed by atoms with van der Waals surface area (Å²) >= 11 is 5.48. The van der Waals surface area contributed by atoms with Crippen LogP contribution in [0.2, 0.25) is 0 Å². The predicted molar refractivity (Wildman–Crippen MR) is 79.3 cm³/mol. The van der Waals surface area contributed by atoms with E-state index in [1.165, 1.54) is 0 Å². The molecule has 1 aromatic carbocycles. The molecular formula is C15H17ClN2O3. The number of anilines is 1. The highest BCUT2D eigenvalue weighted by Gasteiger charge is 2.25. The molecule has 1 aromatic rings. The van der Waals surface area contributed by atoms with Gasteiger partial charge in [-0.2, -0.15) is 5.26 Å². The van der Waals surface area contributed by atoms with Gasteiger partial charge in [0.15, 0.2) is 0 Å². The van der Waals surface area contributed by atoms with Crippen molar-refractivity contribution in [2.75, 3.05) is 17.8 Å². The molecule has 2 rings (SSSR count). The largest absolute Gasteiger partial charge is 0.489 e. The Morgan fingerprint density at radius 3 is 2.90 bits per heavy atom. The number of nitriles is 1. The maximum absolute atomic E-state index is 11.9. The number of aliphatic hydroxyl groups excluding tert-OH is 1. The summed E-state index contributed by atoms with van der Waals surface area (Å²) in [5.74, 6) is 0.516. The van der Waals surface area contributed by atoms with E-state index < -0.39 is 6.10 Å². The van der Waals surface area contributed by atoms with Gasteiger partial charge in [-0.25, -0.2) is 0 Å². The van der Waals surface area contributed by atoms with E-state index in [0.29, 0.717) is 17.0 Å². The number of rotatable bonds is 6. The molecule has 6 heteroatoms. The molecular weight excluding hydrogens is 292 g/mol. The zero-order valence-electron chi connectivity index (χ0n) is 11.5. The van der Waals surface area contributed by atoms with Crippen molar-refractivity contribution in [1.82, 2.24) is 0 Å². The van der Waals surface area contributed by atoms with Crippen LogP contribution in [0.25, 0.3) is 0 Å². The molecule has 0 bridgehead atoms. The number of nitrogens with one attached hydrogen (secondary N) is 1. The molecule has 112 valence electrons. The zero-order valence-corrected chi connectivity index (χ0v) is 12.3. The van der Waals surface area contributed by atoms with Crippen LogP contribution in [0.3, 0.4) is 0 Å². The van der Waals surface area contributed by atoms with Crippen molar-refractivity contribution in [1.29, 1.82) is 5.26 Å². The molecule has 5 nitrogen and oxygen atoms in total. The molecule has 1 saturated carbocycles. The van der Waals surface area contributed by atoms with Crippen molar-refractivity contribution >= 4 is 23.2 Å². The lowest BCUT2D eigenvalue weighted by atomic mass is 9.85. The number of ether oxygens (including phenoxy) is 1. The average molecular weight is 309 g/mol. The lowest BCUT2D eigenvalue weighted by Gasteiger charge is -2.24. The minimum Gasteiger partial charge on any atom is -0.489 e. The normalized spacial score (nSPS) is 15.7. The van der Waals surface area contributed by atoms with E-state index in [2.05, 4.69) is 5.32 Å². The standard InChI is InChI=1S/C15H17ClN2O3/c16-7-13(19)9-21-14-5-4-12(6-11(14)8-17)18-15(20)10-2-1-3-10/h4-6,10,13,19H,1-3,7,9H2,(H,18,20). The third-order valence-electron chi connectivity index (χ3n) is 3.45. The first-order valence-electron chi connectivity index (χ1n) is 6.86. The minimum absolute atomic E-state index is 0.00336. The van der Waals surface area contributed by atoms with E-state index in [-0.39, 0.29) is 24.3 Å². The van der Waals surface area contributed by atoms with Crippen LogP contribution in [-0.2, 0) is 4.79 Å². The summed E-state index contributed by atoms with van der Waals surface area (Å²) in [4.78, 5) is 11.9. The third kappa shape index (κ3) is 4.10. The van der Waals surface area contributed by atoms with Gasteiger partial charge in [-0.1, -0.05) is 6.42 Å². The molecule has 1 amide bonds. The van der Waals surface area contributed by atoms with Gasteiger partial charge in [0.2, 0.25) is 5.91 Å². The molecule has 2 N–H and O–H groups in total. The summed E-state index contributed by atoms with van der Waals surface area (Å²) in [7, 11) is 0. The summed E-state index contributed by atoms with van der Waals surface area (Å²) in [5, 5.41) is 21.3. The Hall–Kier alpha value is -1.77. The average Bonchev–Trinajstić information content (AvgIpc) is 2.43. The second-order valence-electron chi connectivity index (χ2n) is 5.06. The number of hydrogen-bond acceptors (Lipinski definition) is 4. The van der Waals surface area contributed by atoms with Gasteiger partial charge in [-0.05, 0) is 31.0 Å². The Kier molecular flexibility index (Phi) is 5.43. The molecule has 0 heterocycles. The molecule has 0 spiro atoms. The fourth-order valence-electron chi connectivity index (χ4n) is 1.97. The Morgan fingerprint density at radius 2 is 2.33 bits per heavy atom. The smallest absolute Gasteiger partial charge is 0.227 e. The van der Waals surface area contributed by atoms with E-state index in [4.69, 9.17) is 21.6 Å². The Labute approximate surface area is 128 Å². The molecule has 21 heavy (non-hydrogen) atoms. The maximum Gasteiger partial charge on any atom is 0.227 e. The van der Waals surface area contributed by atoms with Gasteiger partial charge in [-0.15, -0.1) is 11.6 Å². The van der Waals surface area contributed by atoms with Crippen LogP contribution in [0, 0.1) is 17.2 Å². The zero-order chi connectivity index (χ0) is 15.2. The van der Waals surface area contributed by atoms with Gasteiger partial charge in [0.05, 0.1) is 11.4 Å². The van der Waals surface area contributed by atoms with E-state index >= 15 is 0 Å². The van der Waals surface area contributed by atoms with Gasteiger partial charge in [0.1, 0.15) is 24.5 Å². The highest BCUT2D eigenvalue weighted by atomic mass is 35.5. The predicted octanol–water partition coefficient (Wildman–Crippen LogP) is 2.28. The number of carbonyl (C=O) groups excluding carboxylic acids is 1. The van der Waals surface area contributed by atoms with Crippen molar-refractivity contribution < 1.29 is 14.6 Å². The van der Waals surface area contributed by atoms with Gasteiger partial charge >= 0.3 is 0 Å². The molecule has 1 fully saturated rings. The molecule has 1 aliphatic rings. The number of nitrogens with zero attached hydrogens (tertiary/aromatic N) is 1. The summed E-state index contributed by atoms with van der Waals surface area (Å²) in [6.45, 7) is 0.0198. The lowest BCUT2D eigenvalue weighted by molar-refractivity contribution is -0.122. The molecule has 0 aromatic heterocycles. The Morgan fingerprint density at radius 1 is 1.57 bits per heavy atom. The number of hydrogen-bond donors (Lipinski definition) is 2. The van der Waals surface area contributed by atoms with E-state index in [1.807, 2.05) is 6.07 Å². The fourth-order valence-corrected chi connectivity index (χ4v) is 2.06. The maximum atomic E-state index is 11.9. The Bertz CT molecular complexity index is 552. The fraction of sp³-hybridized carbons (Fsp3) is 0.467. The second kappa shape index (κ2) is 7.30. The number of carbonyl (C=O) groups is 1. The lowest BCUT2D eigenvalue weighted by Crippen LogP contribution is -2.28. The third-order valence-corrected chi connectivity index (χ3v) is 3.81. The van der Waals surface area contributed by atoms with Crippen LogP contribution >= 0.6 is 11.6 Å². The highest BCUT2D eigenvalue weighted by Crippen LogP contribution is 2.28. The SMILES string of the molecule is N#Cc1cc(NC(=O)C2CCC2)ccc1OCC(O)CCl. The molecule has 1 unspecified atom stereocenters. The van der Waals surface area contributed by atoms with Crippen LogP contribution in [0.5, 0.6) is 5.75 Å². The van der Waals surface area contributed by atoms with Crippen molar-refractivity contribution in [2.45, 2.75) is 25.4 Å². The number of amides is 1. The molecule has 0 aliphatic heterocycles. The summed E-state index contributed by atoms with van der Waals surface area (Å²) in [6, 6.07) is 6.87. The van der Waals surface area contributed by atoms with Crippen molar-refractivity contribution in [3.63, 3.8) is 0 Å². The van der Waals surface area contributed by atoms with Crippen molar-refractivity contribution in [3.8, 4) is 11.8 Å². The molecule has 1 atom stereocenters. The topological polar surface area (TPSA) is 82.4 Å². The van der Waals surface area contributed by atoms with E-state index in [9.17, 15) is 9.90 Å². The van der Waals surface area contributed by atoms with Gasteiger partial charge in [-0.3, -0.25) is 4.79 Å². The first-order valence-corrected chi connectivity index (χ1v) is 7.39. The van der Waals surface area contributed by atoms with Crippen LogP contribution in [0.15, 0.2) is 18.2 Å². The van der Waals surface area contributed by atoms with Crippen LogP contribution in [0.1, 0.15) is 24.8 Å². The van der Waals surface area contributed by atoms with Gasteiger partial charge < -0.3 is 15.2 Å². The summed E-state index contributed by atoms with van der Waals surface area (Å²) in [6.07, 6.45) is 2.16. The van der Waals surface area contributed by atoms with Crippen LogP contribution in [-0.4, -0.2) is 29.6 Å². The van der Waals surface area contributed by atoms with Crippen molar-refractivity contribution in [2.24, 2.45) is 5.92 Å². The van der Waals surface area contributed by atoms with Crippen LogP contribution < -0.4 is 10.1 Å². The monoisotopic (exact) mass is 308 g/mol. The van der Waals surface area contributed by atoms with E-state index in [1.54, 1.807) is 18.2 Å². The summed E-state index contributed by atoms with van der Waals surface area (Å²) < 4.78 is 5.35. The van der Waals surface area contributed by atoms with Crippen molar-refractivity contribution in [3.05, 3.63) is 23.8 Å². The Balaban J connectivity index is 2.01. The molecule has 1 aliphatic carbocycles. The van der Waals surface area contributed by atoms with Crippen LogP contribution in [0.4, 0.5) is 5.69 Å². The van der Waals surface area contributed by atoms with Gasteiger partial charge in [0.25, 0.3) is 0 Å². The highest BCUT2D eigenvalue weighted by molar-refractivity contribution is 6.18.